The Morgan fingerprint density at radius 3 is 2.60 bits per heavy atom. The molecule has 2 aliphatic rings. The molecule has 0 radical (unpaired) electrons. The second-order valence-corrected chi connectivity index (χ2v) is 8.54. The van der Waals surface area contributed by atoms with E-state index in [1.54, 1.807) is 11.7 Å². The molecule has 2 amide bonds. The van der Waals surface area contributed by atoms with Crippen LogP contribution in [-0.4, -0.2) is 81.0 Å². The van der Waals surface area contributed by atoms with E-state index in [0.717, 1.165) is 56.8 Å². The number of benzene rings is 1. The molecule has 4 rings (SSSR count). The van der Waals surface area contributed by atoms with Crippen LogP contribution < -0.4 is 5.32 Å². The Kier molecular flexibility index (Phi) is 6.29. The van der Waals surface area contributed by atoms with Gasteiger partial charge in [-0.2, -0.15) is 0 Å². The van der Waals surface area contributed by atoms with Gasteiger partial charge in [-0.15, -0.1) is 5.10 Å². The highest BCUT2D eigenvalue weighted by atomic mass is 16.5. The standard InChI is InChI=1S/C21H31N7O2/c1-15-12-27(13-16(2)30-15)14-17-7-9-28(10-8-17)21(29)22-19-6-4-5-18(11-19)20-23-24-25-26(20)3/h4-6,11,15-17H,7-10,12-14H2,1-3H3,(H,22,29). The number of aryl methyl sites for hydroxylation is 1. The molecule has 1 N–H and O–H groups in total. The quantitative estimate of drug-likeness (QED) is 0.827. The first-order valence-corrected chi connectivity index (χ1v) is 10.7. The van der Waals surface area contributed by atoms with Crippen LogP contribution in [0, 0.1) is 5.92 Å². The molecule has 162 valence electrons. The zero-order valence-corrected chi connectivity index (χ0v) is 18.0. The average molecular weight is 414 g/mol. The van der Waals surface area contributed by atoms with Crippen LogP contribution in [0.2, 0.25) is 0 Å². The van der Waals surface area contributed by atoms with Crippen LogP contribution in [-0.2, 0) is 11.8 Å². The highest BCUT2D eigenvalue weighted by molar-refractivity contribution is 5.90. The van der Waals surface area contributed by atoms with Crippen molar-refractivity contribution in [2.75, 3.05) is 38.0 Å². The van der Waals surface area contributed by atoms with E-state index in [1.165, 1.54) is 0 Å². The Bertz CT molecular complexity index is 853. The number of rotatable bonds is 4. The van der Waals surface area contributed by atoms with Gasteiger partial charge in [0, 0.05) is 51.0 Å². The number of ether oxygens (including phenoxy) is 1. The fourth-order valence-corrected chi connectivity index (χ4v) is 4.53. The molecule has 2 unspecified atom stereocenters. The van der Waals surface area contributed by atoms with Crippen molar-refractivity contribution in [1.82, 2.24) is 30.0 Å². The minimum absolute atomic E-state index is 0.0460. The zero-order chi connectivity index (χ0) is 21.1. The Morgan fingerprint density at radius 2 is 1.93 bits per heavy atom. The van der Waals surface area contributed by atoms with Crippen LogP contribution in [0.25, 0.3) is 11.4 Å². The van der Waals surface area contributed by atoms with Gasteiger partial charge in [-0.25, -0.2) is 9.48 Å². The molecule has 0 aliphatic carbocycles. The van der Waals surface area contributed by atoms with Gasteiger partial charge in [0.05, 0.1) is 12.2 Å². The molecule has 2 aromatic rings. The third-order valence-corrected chi connectivity index (χ3v) is 5.91. The number of likely N-dealkylation sites (tertiary alicyclic amines) is 1. The maximum atomic E-state index is 12.8. The first kappa shape index (κ1) is 20.7. The van der Waals surface area contributed by atoms with Gasteiger partial charge in [0.25, 0.3) is 0 Å². The van der Waals surface area contributed by atoms with Crippen molar-refractivity contribution in [3.8, 4) is 11.4 Å². The summed E-state index contributed by atoms with van der Waals surface area (Å²) in [6.45, 7) is 8.97. The first-order valence-electron chi connectivity index (χ1n) is 10.7. The molecule has 2 fully saturated rings. The van der Waals surface area contributed by atoms with Crippen molar-refractivity contribution in [3.63, 3.8) is 0 Å². The van der Waals surface area contributed by atoms with Gasteiger partial charge in [0.15, 0.2) is 5.82 Å². The lowest BCUT2D eigenvalue weighted by Crippen LogP contribution is -2.49. The topological polar surface area (TPSA) is 88.4 Å². The van der Waals surface area contributed by atoms with E-state index in [0.29, 0.717) is 24.0 Å². The van der Waals surface area contributed by atoms with Gasteiger partial charge in [0.1, 0.15) is 0 Å². The first-order chi connectivity index (χ1) is 14.5. The molecule has 1 aromatic heterocycles. The lowest BCUT2D eigenvalue weighted by molar-refractivity contribution is -0.0728. The van der Waals surface area contributed by atoms with Crippen molar-refractivity contribution >= 4 is 11.7 Å². The molecular formula is C21H31N7O2. The number of carbonyl (C=O) groups excluding carboxylic acids is 1. The van der Waals surface area contributed by atoms with E-state index in [2.05, 4.69) is 39.6 Å². The van der Waals surface area contributed by atoms with E-state index >= 15 is 0 Å². The molecule has 2 atom stereocenters. The molecule has 0 saturated carbocycles. The summed E-state index contributed by atoms with van der Waals surface area (Å²) in [6.07, 6.45) is 2.68. The number of carbonyl (C=O) groups is 1. The third kappa shape index (κ3) is 4.96. The number of hydrogen-bond acceptors (Lipinski definition) is 6. The monoisotopic (exact) mass is 413 g/mol. The Labute approximate surface area is 177 Å². The molecule has 2 aliphatic heterocycles. The summed E-state index contributed by atoms with van der Waals surface area (Å²) in [6, 6.07) is 7.57. The minimum atomic E-state index is -0.0460. The van der Waals surface area contributed by atoms with Crippen molar-refractivity contribution in [2.45, 2.75) is 38.9 Å². The minimum Gasteiger partial charge on any atom is -0.373 e. The maximum Gasteiger partial charge on any atom is 0.321 e. The molecule has 0 bridgehead atoms. The molecule has 2 saturated heterocycles. The Balaban J connectivity index is 1.28. The highest BCUT2D eigenvalue weighted by Gasteiger charge is 2.28. The smallest absolute Gasteiger partial charge is 0.321 e. The van der Waals surface area contributed by atoms with Crippen molar-refractivity contribution < 1.29 is 9.53 Å². The van der Waals surface area contributed by atoms with E-state index in [9.17, 15) is 4.79 Å². The summed E-state index contributed by atoms with van der Waals surface area (Å²) in [5, 5.41) is 14.6. The summed E-state index contributed by atoms with van der Waals surface area (Å²) >= 11 is 0. The number of tetrazole rings is 1. The van der Waals surface area contributed by atoms with Crippen LogP contribution in [0.5, 0.6) is 0 Å². The number of urea groups is 1. The molecule has 9 nitrogen and oxygen atoms in total. The van der Waals surface area contributed by atoms with Crippen molar-refractivity contribution in [1.29, 1.82) is 0 Å². The second-order valence-electron chi connectivity index (χ2n) is 8.54. The van der Waals surface area contributed by atoms with Gasteiger partial charge in [0.2, 0.25) is 0 Å². The number of nitrogens with zero attached hydrogens (tertiary/aromatic N) is 6. The second kappa shape index (κ2) is 9.09. The number of hydrogen-bond donors (Lipinski definition) is 1. The van der Waals surface area contributed by atoms with Crippen molar-refractivity contribution in [3.05, 3.63) is 24.3 Å². The average Bonchev–Trinajstić information content (AvgIpc) is 3.14. The predicted octanol–water partition coefficient (Wildman–Crippen LogP) is 2.23. The lowest BCUT2D eigenvalue weighted by Gasteiger charge is -2.39. The molecule has 0 spiro atoms. The van der Waals surface area contributed by atoms with Gasteiger partial charge in [-0.3, -0.25) is 4.90 Å². The van der Waals surface area contributed by atoms with Crippen LogP contribution >= 0.6 is 0 Å². The summed E-state index contributed by atoms with van der Waals surface area (Å²) in [7, 11) is 1.79. The fraction of sp³-hybridized carbons (Fsp3) is 0.619. The molecular weight excluding hydrogens is 382 g/mol. The number of aromatic nitrogens is 4. The SMILES string of the molecule is CC1CN(CC2CCN(C(=O)Nc3cccc(-c4nnnn4C)c3)CC2)CC(C)O1. The highest BCUT2D eigenvalue weighted by Crippen LogP contribution is 2.23. The van der Waals surface area contributed by atoms with E-state index in [4.69, 9.17) is 4.74 Å². The van der Waals surface area contributed by atoms with Gasteiger partial charge in [-0.1, -0.05) is 12.1 Å². The van der Waals surface area contributed by atoms with Gasteiger partial charge < -0.3 is 15.0 Å². The summed E-state index contributed by atoms with van der Waals surface area (Å²) < 4.78 is 7.45. The Hall–Kier alpha value is -2.52. The van der Waals surface area contributed by atoms with Crippen LogP contribution in [0.4, 0.5) is 10.5 Å². The van der Waals surface area contributed by atoms with Crippen LogP contribution in [0.3, 0.4) is 0 Å². The number of amides is 2. The predicted molar refractivity (Wildman–Crippen MR) is 114 cm³/mol. The van der Waals surface area contributed by atoms with Gasteiger partial charge in [-0.05, 0) is 55.2 Å². The lowest BCUT2D eigenvalue weighted by atomic mass is 9.96. The summed E-state index contributed by atoms with van der Waals surface area (Å²) in [5.41, 5.74) is 1.62. The summed E-state index contributed by atoms with van der Waals surface area (Å²) in [5.74, 6) is 1.30. The Morgan fingerprint density at radius 1 is 1.20 bits per heavy atom. The molecule has 30 heavy (non-hydrogen) atoms. The van der Waals surface area contributed by atoms with Gasteiger partial charge >= 0.3 is 6.03 Å². The molecule has 9 heteroatoms. The van der Waals surface area contributed by atoms with Crippen molar-refractivity contribution in [2.24, 2.45) is 13.0 Å². The normalized spacial score (nSPS) is 23.5. The van der Waals surface area contributed by atoms with E-state index in [-0.39, 0.29) is 6.03 Å². The summed E-state index contributed by atoms with van der Waals surface area (Å²) in [4.78, 5) is 17.2. The molecule has 3 heterocycles. The van der Waals surface area contributed by atoms with E-state index in [1.807, 2.05) is 29.2 Å². The third-order valence-electron chi connectivity index (χ3n) is 5.91. The van der Waals surface area contributed by atoms with Crippen LogP contribution in [0.15, 0.2) is 24.3 Å². The molecule has 1 aromatic carbocycles. The number of piperidine rings is 1. The zero-order valence-electron chi connectivity index (χ0n) is 18.0. The largest absolute Gasteiger partial charge is 0.373 e. The fourth-order valence-electron chi connectivity index (χ4n) is 4.53. The maximum absolute atomic E-state index is 12.8. The van der Waals surface area contributed by atoms with E-state index < -0.39 is 0 Å². The number of morpholine rings is 1. The van der Waals surface area contributed by atoms with Crippen LogP contribution in [0.1, 0.15) is 26.7 Å². The number of nitrogens with one attached hydrogen (secondary N) is 1. The number of anilines is 1.